The van der Waals surface area contributed by atoms with Crippen molar-refractivity contribution in [1.29, 1.82) is 0 Å². The molecule has 5 heteroatoms. The summed E-state index contributed by atoms with van der Waals surface area (Å²) in [6.45, 7) is 3.93. The van der Waals surface area contributed by atoms with E-state index >= 15 is 0 Å². The van der Waals surface area contributed by atoms with Gasteiger partial charge in [-0.3, -0.25) is 0 Å². The fourth-order valence-electron chi connectivity index (χ4n) is 2.02. The van der Waals surface area contributed by atoms with Crippen LogP contribution in [0.1, 0.15) is 31.2 Å². The Hall–Kier alpha value is -1.07. The van der Waals surface area contributed by atoms with Gasteiger partial charge in [-0.2, -0.15) is 0 Å². The molecule has 0 aliphatic carbocycles. The van der Waals surface area contributed by atoms with Gasteiger partial charge in [0.25, 0.3) is 0 Å². The Labute approximate surface area is 114 Å². The highest BCUT2D eigenvalue weighted by atomic mass is 32.2. The number of hydrogen-bond donors (Lipinski definition) is 0. The number of ether oxygens (including phenoxy) is 2. The second kappa shape index (κ2) is 5.92. The zero-order valence-corrected chi connectivity index (χ0v) is 12.2. The molecule has 1 heterocycles. The number of unbranched alkanes of at least 4 members (excludes halogenated alkanes) is 1. The lowest BCUT2D eigenvalue weighted by molar-refractivity contribution is 0.00725. The molecule has 2 rings (SSSR count). The van der Waals surface area contributed by atoms with Crippen LogP contribution in [0.5, 0.6) is 5.75 Å². The molecule has 0 N–H and O–H groups in total. The summed E-state index contributed by atoms with van der Waals surface area (Å²) in [5.41, 5.74) is 0.822. The van der Waals surface area contributed by atoms with Gasteiger partial charge in [0, 0.05) is 12.2 Å². The van der Waals surface area contributed by atoms with Crippen LogP contribution in [-0.4, -0.2) is 34.5 Å². The lowest BCUT2D eigenvalue weighted by Crippen LogP contribution is -2.26. The van der Waals surface area contributed by atoms with Gasteiger partial charge in [0.05, 0.1) is 24.7 Å². The fraction of sp³-hybridized carbons (Fsp3) is 0.571. The van der Waals surface area contributed by atoms with Gasteiger partial charge >= 0.3 is 0 Å². The van der Waals surface area contributed by atoms with Crippen LogP contribution in [0, 0.1) is 0 Å². The minimum absolute atomic E-state index is 0.166. The maximum atomic E-state index is 11.8. The molecule has 0 radical (unpaired) electrons. The van der Waals surface area contributed by atoms with E-state index in [0.29, 0.717) is 24.7 Å². The van der Waals surface area contributed by atoms with Gasteiger partial charge in [-0.25, -0.2) is 8.42 Å². The number of hydrogen-bond acceptors (Lipinski definition) is 4. The largest absolute Gasteiger partial charge is 0.494 e. The van der Waals surface area contributed by atoms with Crippen molar-refractivity contribution in [1.82, 2.24) is 0 Å². The zero-order valence-electron chi connectivity index (χ0n) is 11.4. The highest BCUT2D eigenvalue weighted by Gasteiger charge is 2.27. The normalized spacial score (nSPS) is 16.1. The van der Waals surface area contributed by atoms with Crippen LogP contribution in [-0.2, 0) is 14.6 Å². The molecule has 0 unspecified atom stereocenters. The van der Waals surface area contributed by atoms with Crippen molar-refractivity contribution in [2.45, 2.75) is 30.6 Å². The first-order valence-electron chi connectivity index (χ1n) is 6.57. The van der Waals surface area contributed by atoms with Crippen LogP contribution in [0.25, 0.3) is 0 Å². The quantitative estimate of drug-likeness (QED) is 0.753. The van der Waals surface area contributed by atoms with Crippen molar-refractivity contribution in [2.75, 3.05) is 26.1 Å². The lowest BCUT2D eigenvalue weighted by atomic mass is 9.97. The Bertz CT molecular complexity index is 532. The predicted octanol–water partition coefficient (Wildman–Crippen LogP) is 2.38. The fourth-order valence-corrected chi connectivity index (χ4v) is 2.99. The Balaban J connectivity index is 2.26. The third kappa shape index (κ3) is 3.48. The molecule has 1 aliphatic heterocycles. The molecule has 1 aromatic rings. The summed E-state index contributed by atoms with van der Waals surface area (Å²) in [6.07, 6.45) is 3.31. The molecular weight excluding hydrogens is 264 g/mol. The second-order valence-electron chi connectivity index (χ2n) is 4.91. The molecule has 0 spiro atoms. The van der Waals surface area contributed by atoms with Gasteiger partial charge in [-0.1, -0.05) is 13.3 Å². The SMILES string of the molecule is CCCCOc1ccc(S(C)(=O)=O)c(C2COC2)c1. The molecule has 0 saturated carbocycles. The third-order valence-electron chi connectivity index (χ3n) is 3.23. The second-order valence-corrected chi connectivity index (χ2v) is 6.89. The van der Waals surface area contributed by atoms with Gasteiger partial charge in [-0.05, 0) is 30.2 Å². The first-order valence-corrected chi connectivity index (χ1v) is 8.46. The van der Waals surface area contributed by atoms with E-state index in [1.54, 1.807) is 12.1 Å². The summed E-state index contributed by atoms with van der Waals surface area (Å²) in [5.74, 6) is 0.905. The van der Waals surface area contributed by atoms with Crippen LogP contribution in [0.3, 0.4) is 0 Å². The summed E-state index contributed by atoms with van der Waals surface area (Å²) in [6, 6.07) is 5.22. The zero-order chi connectivity index (χ0) is 13.9. The average Bonchev–Trinajstić information content (AvgIpc) is 2.26. The van der Waals surface area contributed by atoms with E-state index in [1.807, 2.05) is 6.07 Å². The van der Waals surface area contributed by atoms with Crippen molar-refractivity contribution in [3.8, 4) is 5.75 Å². The summed E-state index contributed by atoms with van der Waals surface area (Å²) >= 11 is 0. The first-order chi connectivity index (χ1) is 9.02. The molecule has 1 saturated heterocycles. The summed E-state index contributed by atoms with van der Waals surface area (Å²) in [5, 5.41) is 0. The van der Waals surface area contributed by atoms with Crippen LogP contribution in [0.4, 0.5) is 0 Å². The smallest absolute Gasteiger partial charge is 0.175 e. The van der Waals surface area contributed by atoms with E-state index in [2.05, 4.69) is 6.92 Å². The van der Waals surface area contributed by atoms with Gasteiger partial charge < -0.3 is 9.47 Å². The molecule has 4 nitrogen and oxygen atoms in total. The molecule has 1 aliphatic rings. The molecule has 0 atom stereocenters. The van der Waals surface area contributed by atoms with E-state index in [9.17, 15) is 8.42 Å². The van der Waals surface area contributed by atoms with E-state index in [-0.39, 0.29) is 5.92 Å². The molecule has 0 bridgehead atoms. The van der Waals surface area contributed by atoms with Gasteiger partial charge in [0.2, 0.25) is 0 Å². The van der Waals surface area contributed by atoms with Gasteiger partial charge in [0.15, 0.2) is 9.84 Å². The van der Waals surface area contributed by atoms with E-state index in [4.69, 9.17) is 9.47 Å². The maximum absolute atomic E-state index is 11.8. The van der Waals surface area contributed by atoms with E-state index in [0.717, 1.165) is 24.2 Å². The minimum Gasteiger partial charge on any atom is -0.494 e. The van der Waals surface area contributed by atoms with Gasteiger partial charge in [0.1, 0.15) is 5.75 Å². The third-order valence-corrected chi connectivity index (χ3v) is 4.40. The van der Waals surface area contributed by atoms with E-state index < -0.39 is 9.84 Å². The van der Waals surface area contributed by atoms with Crippen molar-refractivity contribution in [3.63, 3.8) is 0 Å². The number of benzene rings is 1. The molecule has 1 fully saturated rings. The lowest BCUT2D eigenvalue weighted by Gasteiger charge is -2.28. The number of rotatable bonds is 6. The highest BCUT2D eigenvalue weighted by molar-refractivity contribution is 7.90. The van der Waals surface area contributed by atoms with Crippen LogP contribution in [0.15, 0.2) is 23.1 Å². The minimum atomic E-state index is -3.21. The Morgan fingerprint density at radius 1 is 1.37 bits per heavy atom. The molecule has 19 heavy (non-hydrogen) atoms. The summed E-state index contributed by atoms with van der Waals surface area (Å²) < 4.78 is 34.4. The first kappa shape index (κ1) is 14.3. The number of sulfone groups is 1. The van der Waals surface area contributed by atoms with Crippen molar-refractivity contribution in [2.24, 2.45) is 0 Å². The molecular formula is C14H20O4S. The molecule has 1 aromatic carbocycles. The Morgan fingerprint density at radius 3 is 2.63 bits per heavy atom. The standard InChI is InChI=1S/C14H20O4S/c1-3-4-7-18-12-5-6-14(19(2,15)16)13(8-12)11-9-17-10-11/h5-6,8,11H,3-4,7,9-10H2,1-2H3. The average molecular weight is 284 g/mol. The summed E-state index contributed by atoms with van der Waals surface area (Å²) in [7, 11) is -3.21. The van der Waals surface area contributed by atoms with Gasteiger partial charge in [-0.15, -0.1) is 0 Å². The Kier molecular flexibility index (Phi) is 4.47. The van der Waals surface area contributed by atoms with Crippen molar-refractivity contribution >= 4 is 9.84 Å². The summed E-state index contributed by atoms with van der Waals surface area (Å²) in [4.78, 5) is 0.392. The predicted molar refractivity (Wildman–Crippen MR) is 73.5 cm³/mol. The molecule has 106 valence electrons. The topological polar surface area (TPSA) is 52.6 Å². The van der Waals surface area contributed by atoms with Crippen molar-refractivity contribution in [3.05, 3.63) is 23.8 Å². The molecule has 0 amide bonds. The maximum Gasteiger partial charge on any atom is 0.175 e. The van der Waals surface area contributed by atoms with E-state index in [1.165, 1.54) is 6.26 Å². The molecule has 0 aromatic heterocycles. The van der Waals surface area contributed by atoms with Crippen LogP contribution < -0.4 is 4.74 Å². The monoisotopic (exact) mass is 284 g/mol. The van der Waals surface area contributed by atoms with Crippen LogP contribution in [0.2, 0.25) is 0 Å². The Morgan fingerprint density at radius 2 is 2.11 bits per heavy atom. The van der Waals surface area contributed by atoms with Crippen LogP contribution >= 0.6 is 0 Å². The van der Waals surface area contributed by atoms with Crippen molar-refractivity contribution < 1.29 is 17.9 Å². The highest BCUT2D eigenvalue weighted by Crippen LogP contribution is 2.32.